The smallest absolute Gasteiger partial charge is 0.261 e. The van der Waals surface area contributed by atoms with Crippen molar-refractivity contribution >= 4 is 11.8 Å². The molecule has 0 aliphatic carbocycles. The molecule has 0 aromatic heterocycles. The summed E-state index contributed by atoms with van der Waals surface area (Å²) in [4.78, 5) is 26.9. The number of para-hydroxylation sites is 1. The molecule has 0 saturated carbocycles. The number of hydrogen-bond donors (Lipinski definition) is 1. The van der Waals surface area contributed by atoms with E-state index in [1.54, 1.807) is 11.8 Å². The number of rotatable bonds is 11. The third-order valence-corrected chi connectivity index (χ3v) is 4.59. The van der Waals surface area contributed by atoms with E-state index < -0.39 is 6.04 Å². The van der Waals surface area contributed by atoms with Crippen molar-refractivity contribution in [2.24, 2.45) is 0 Å². The molecule has 5 heteroatoms. The second-order valence-electron chi connectivity index (χ2n) is 6.75. The quantitative estimate of drug-likeness (QED) is 0.606. The molecule has 0 saturated heterocycles. The van der Waals surface area contributed by atoms with Gasteiger partial charge < -0.3 is 15.0 Å². The lowest BCUT2D eigenvalue weighted by Crippen LogP contribution is -2.50. The molecule has 28 heavy (non-hydrogen) atoms. The fraction of sp³-hybridized carbons (Fsp3) is 0.391. The normalized spacial score (nSPS) is 11.5. The molecule has 0 aliphatic heterocycles. The van der Waals surface area contributed by atoms with Gasteiger partial charge in [0.05, 0.1) is 0 Å². The molecule has 2 aromatic rings. The average Bonchev–Trinajstić information content (AvgIpc) is 2.73. The van der Waals surface area contributed by atoms with E-state index >= 15 is 0 Å². The highest BCUT2D eigenvalue weighted by Gasteiger charge is 2.25. The maximum absolute atomic E-state index is 12.8. The average molecular weight is 383 g/mol. The van der Waals surface area contributed by atoms with E-state index in [1.807, 2.05) is 60.7 Å². The third-order valence-electron chi connectivity index (χ3n) is 4.59. The van der Waals surface area contributed by atoms with Crippen molar-refractivity contribution in [1.82, 2.24) is 10.2 Å². The highest BCUT2D eigenvalue weighted by atomic mass is 16.5. The van der Waals surface area contributed by atoms with E-state index in [4.69, 9.17) is 4.74 Å². The van der Waals surface area contributed by atoms with Crippen molar-refractivity contribution in [3.63, 3.8) is 0 Å². The summed E-state index contributed by atoms with van der Waals surface area (Å²) in [6, 6.07) is 18.6. The van der Waals surface area contributed by atoms with Crippen molar-refractivity contribution < 1.29 is 14.3 Å². The molecule has 150 valence electrons. The zero-order valence-electron chi connectivity index (χ0n) is 16.8. The summed E-state index contributed by atoms with van der Waals surface area (Å²) in [5, 5.41) is 2.92. The predicted octanol–water partition coefficient (Wildman–Crippen LogP) is 3.44. The zero-order chi connectivity index (χ0) is 20.2. The minimum atomic E-state index is -0.549. The molecule has 0 unspecified atom stereocenters. The highest BCUT2D eigenvalue weighted by molar-refractivity contribution is 5.87. The molecule has 0 aliphatic rings. The van der Waals surface area contributed by atoms with Gasteiger partial charge in [-0.05, 0) is 37.5 Å². The molecule has 1 atom stereocenters. The summed E-state index contributed by atoms with van der Waals surface area (Å²) in [6.45, 7) is 4.84. The standard InChI is InChI=1S/C23H30N2O3/c1-3-4-16-24-23(27)19(2)25(17-15-20-11-7-5-8-12-20)22(26)18-28-21-13-9-6-10-14-21/h5-14,19H,3-4,15-18H2,1-2H3,(H,24,27)/t19-/m0/s1. The van der Waals surface area contributed by atoms with E-state index in [2.05, 4.69) is 12.2 Å². The van der Waals surface area contributed by atoms with Crippen LogP contribution in [0, 0.1) is 0 Å². The molecule has 0 fully saturated rings. The zero-order valence-corrected chi connectivity index (χ0v) is 16.8. The predicted molar refractivity (Wildman–Crippen MR) is 111 cm³/mol. The van der Waals surface area contributed by atoms with Crippen LogP contribution in [0.1, 0.15) is 32.3 Å². The lowest BCUT2D eigenvalue weighted by molar-refractivity contribution is -0.141. The summed E-state index contributed by atoms with van der Waals surface area (Å²) in [7, 11) is 0. The highest BCUT2D eigenvalue weighted by Crippen LogP contribution is 2.10. The van der Waals surface area contributed by atoms with Crippen LogP contribution < -0.4 is 10.1 Å². The summed E-state index contributed by atoms with van der Waals surface area (Å²) >= 11 is 0. The lowest BCUT2D eigenvalue weighted by Gasteiger charge is -2.28. The van der Waals surface area contributed by atoms with E-state index in [-0.39, 0.29) is 18.4 Å². The van der Waals surface area contributed by atoms with Gasteiger partial charge in [-0.15, -0.1) is 0 Å². The molecule has 0 spiro atoms. The topological polar surface area (TPSA) is 58.6 Å². The maximum Gasteiger partial charge on any atom is 0.261 e. The largest absolute Gasteiger partial charge is 0.484 e. The number of ether oxygens (including phenoxy) is 1. The number of nitrogens with one attached hydrogen (secondary N) is 1. The molecule has 0 bridgehead atoms. The fourth-order valence-corrected chi connectivity index (χ4v) is 2.85. The first-order valence-electron chi connectivity index (χ1n) is 9.90. The Labute approximate surface area is 167 Å². The second kappa shape index (κ2) is 11.8. The minimum Gasteiger partial charge on any atom is -0.484 e. The second-order valence-corrected chi connectivity index (χ2v) is 6.75. The van der Waals surface area contributed by atoms with Crippen LogP contribution in [0.15, 0.2) is 60.7 Å². The molecule has 0 radical (unpaired) electrons. The first-order valence-corrected chi connectivity index (χ1v) is 9.90. The van der Waals surface area contributed by atoms with Crippen LogP contribution >= 0.6 is 0 Å². The van der Waals surface area contributed by atoms with E-state index in [0.717, 1.165) is 18.4 Å². The van der Waals surface area contributed by atoms with Crippen LogP contribution in [-0.4, -0.2) is 42.5 Å². The van der Waals surface area contributed by atoms with Gasteiger partial charge in [0.1, 0.15) is 11.8 Å². The Balaban J connectivity index is 2.00. The molecule has 2 aromatic carbocycles. The van der Waals surface area contributed by atoms with Gasteiger partial charge in [-0.1, -0.05) is 61.9 Å². The first kappa shape index (κ1) is 21.5. The minimum absolute atomic E-state index is 0.0919. The third kappa shape index (κ3) is 7.06. The van der Waals surface area contributed by atoms with Crippen LogP contribution in [0.2, 0.25) is 0 Å². The Kier molecular flexibility index (Phi) is 9.05. The maximum atomic E-state index is 12.8. The molecule has 1 N–H and O–H groups in total. The van der Waals surface area contributed by atoms with Crippen molar-refractivity contribution in [2.45, 2.75) is 39.2 Å². The number of hydrogen-bond acceptors (Lipinski definition) is 3. The van der Waals surface area contributed by atoms with Crippen LogP contribution in [0.25, 0.3) is 0 Å². The number of carbonyl (C=O) groups is 2. The SMILES string of the molecule is CCCCNC(=O)[C@H](C)N(CCc1ccccc1)C(=O)COc1ccccc1. The summed E-state index contributed by atoms with van der Waals surface area (Å²) < 4.78 is 5.61. The van der Waals surface area contributed by atoms with Crippen molar-refractivity contribution in [3.05, 3.63) is 66.2 Å². The fourth-order valence-electron chi connectivity index (χ4n) is 2.85. The number of carbonyl (C=O) groups excluding carboxylic acids is 2. The van der Waals surface area contributed by atoms with Gasteiger partial charge >= 0.3 is 0 Å². The van der Waals surface area contributed by atoms with Crippen molar-refractivity contribution in [2.75, 3.05) is 19.7 Å². The summed E-state index contributed by atoms with van der Waals surface area (Å²) in [6.07, 6.45) is 2.62. The van der Waals surface area contributed by atoms with E-state index in [1.165, 1.54) is 0 Å². The molecule has 2 rings (SSSR count). The Hall–Kier alpha value is -2.82. The van der Waals surface area contributed by atoms with Crippen molar-refractivity contribution in [1.29, 1.82) is 0 Å². The van der Waals surface area contributed by atoms with Crippen LogP contribution in [0.4, 0.5) is 0 Å². The van der Waals surface area contributed by atoms with Gasteiger partial charge in [-0.3, -0.25) is 9.59 Å². The monoisotopic (exact) mass is 382 g/mol. The van der Waals surface area contributed by atoms with Gasteiger partial charge in [0.25, 0.3) is 5.91 Å². The van der Waals surface area contributed by atoms with Gasteiger partial charge in [0.15, 0.2) is 6.61 Å². The number of unbranched alkanes of at least 4 members (excludes halogenated alkanes) is 1. The van der Waals surface area contributed by atoms with Gasteiger partial charge in [-0.25, -0.2) is 0 Å². The lowest BCUT2D eigenvalue weighted by atomic mass is 10.1. The summed E-state index contributed by atoms with van der Waals surface area (Å²) in [5.41, 5.74) is 1.13. The Bertz CT molecular complexity index is 719. The van der Waals surface area contributed by atoms with Crippen LogP contribution in [-0.2, 0) is 16.0 Å². The Morgan fingerprint density at radius 1 is 1.04 bits per heavy atom. The number of benzene rings is 2. The van der Waals surface area contributed by atoms with Crippen LogP contribution in [0.3, 0.4) is 0 Å². The molecular weight excluding hydrogens is 352 g/mol. The van der Waals surface area contributed by atoms with E-state index in [0.29, 0.717) is 25.3 Å². The Morgan fingerprint density at radius 2 is 1.68 bits per heavy atom. The van der Waals surface area contributed by atoms with Gasteiger partial charge in [0.2, 0.25) is 5.91 Å². The summed E-state index contributed by atoms with van der Waals surface area (Å²) in [5.74, 6) is 0.311. The van der Waals surface area contributed by atoms with Gasteiger partial charge in [-0.2, -0.15) is 0 Å². The molecule has 5 nitrogen and oxygen atoms in total. The van der Waals surface area contributed by atoms with Gasteiger partial charge in [0, 0.05) is 13.1 Å². The number of nitrogens with zero attached hydrogens (tertiary/aromatic N) is 1. The molecule has 0 heterocycles. The number of amides is 2. The molecular formula is C23H30N2O3. The Morgan fingerprint density at radius 3 is 2.32 bits per heavy atom. The van der Waals surface area contributed by atoms with E-state index in [9.17, 15) is 9.59 Å². The van der Waals surface area contributed by atoms with Crippen molar-refractivity contribution in [3.8, 4) is 5.75 Å². The first-order chi connectivity index (χ1) is 13.6. The molecule has 2 amide bonds. The van der Waals surface area contributed by atoms with Crippen LogP contribution in [0.5, 0.6) is 5.75 Å².